The first-order valence-electron chi connectivity index (χ1n) is 8.76. The van der Waals surface area contributed by atoms with E-state index in [2.05, 4.69) is 6.92 Å². The zero-order chi connectivity index (χ0) is 17.4. The molecule has 0 bridgehead atoms. The van der Waals surface area contributed by atoms with E-state index in [0.717, 1.165) is 24.0 Å². The third-order valence-electron chi connectivity index (χ3n) is 6.49. The topological polar surface area (TPSA) is 69.0 Å². The minimum absolute atomic E-state index is 0.0819. The number of ketones is 1. The van der Waals surface area contributed by atoms with Crippen molar-refractivity contribution in [3.05, 3.63) is 23.2 Å². The van der Waals surface area contributed by atoms with Crippen LogP contribution >= 0.6 is 0 Å². The maximum absolute atomic E-state index is 13.2. The molecule has 24 heavy (non-hydrogen) atoms. The Morgan fingerprint density at radius 2 is 2.08 bits per heavy atom. The maximum atomic E-state index is 13.2. The molecule has 5 nitrogen and oxygen atoms in total. The van der Waals surface area contributed by atoms with E-state index in [-0.39, 0.29) is 29.7 Å². The number of ether oxygens (including phenoxy) is 2. The first-order valence-corrected chi connectivity index (χ1v) is 8.76. The van der Waals surface area contributed by atoms with Gasteiger partial charge in [0.1, 0.15) is 6.10 Å². The number of esters is 1. The minimum atomic E-state index is -0.899. The van der Waals surface area contributed by atoms with Crippen LogP contribution in [0.15, 0.2) is 10.7 Å². The zero-order valence-corrected chi connectivity index (χ0v) is 14.8. The Morgan fingerprint density at radius 3 is 2.75 bits per heavy atom. The molecule has 1 saturated carbocycles. The highest BCUT2D eigenvalue weighted by molar-refractivity contribution is 6.06. The second-order valence-electron chi connectivity index (χ2n) is 8.07. The SMILES string of the molecule is Cc1coc2c1[C@@H](OC(=O)C(C)C)[C@]1(C)[C@@H](C)CC[C@H]3O[C@]31C2=O. The molecule has 130 valence electrons. The lowest BCUT2D eigenvalue weighted by Gasteiger charge is -2.49. The number of hydrogen-bond donors (Lipinski definition) is 0. The molecule has 2 aliphatic carbocycles. The van der Waals surface area contributed by atoms with Crippen molar-refractivity contribution in [3.63, 3.8) is 0 Å². The van der Waals surface area contributed by atoms with Gasteiger partial charge in [-0.2, -0.15) is 0 Å². The normalized spacial score (nSPS) is 39.9. The molecule has 1 saturated heterocycles. The van der Waals surface area contributed by atoms with E-state index in [0.29, 0.717) is 5.76 Å². The summed E-state index contributed by atoms with van der Waals surface area (Å²) >= 11 is 0. The van der Waals surface area contributed by atoms with Crippen molar-refractivity contribution in [3.8, 4) is 0 Å². The highest BCUT2D eigenvalue weighted by Gasteiger charge is 2.80. The molecule has 2 fully saturated rings. The number of fused-ring (bicyclic) bond motifs is 1. The van der Waals surface area contributed by atoms with Crippen molar-refractivity contribution in [1.82, 2.24) is 0 Å². The van der Waals surface area contributed by atoms with E-state index in [1.54, 1.807) is 6.26 Å². The Morgan fingerprint density at radius 1 is 1.38 bits per heavy atom. The molecule has 5 heteroatoms. The number of carbonyl (C=O) groups is 2. The molecule has 5 atom stereocenters. The van der Waals surface area contributed by atoms with Crippen LogP contribution < -0.4 is 0 Å². The van der Waals surface area contributed by atoms with Gasteiger partial charge in [0.05, 0.1) is 23.7 Å². The molecule has 0 N–H and O–H groups in total. The van der Waals surface area contributed by atoms with Gasteiger partial charge in [0.25, 0.3) is 0 Å². The monoisotopic (exact) mass is 332 g/mol. The van der Waals surface area contributed by atoms with Gasteiger partial charge < -0.3 is 13.9 Å². The average Bonchev–Trinajstić information content (AvgIpc) is 3.17. The second kappa shape index (κ2) is 4.72. The molecule has 1 aromatic rings. The highest BCUT2D eigenvalue weighted by atomic mass is 16.6. The fraction of sp³-hybridized carbons (Fsp3) is 0.684. The molecule has 0 radical (unpaired) electrons. The maximum Gasteiger partial charge on any atom is 0.309 e. The lowest BCUT2D eigenvalue weighted by Crippen LogP contribution is -2.58. The van der Waals surface area contributed by atoms with Crippen LogP contribution in [0.2, 0.25) is 0 Å². The fourth-order valence-electron chi connectivity index (χ4n) is 4.75. The van der Waals surface area contributed by atoms with Crippen molar-refractivity contribution in [2.75, 3.05) is 0 Å². The van der Waals surface area contributed by atoms with Crippen LogP contribution in [-0.2, 0) is 14.3 Å². The first kappa shape index (κ1) is 15.9. The van der Waals surface area contributed by atoms with Gasteiger partial charge in [-0.3, -0.25) is 9.59 Å². The van der Waals surface area contributed by atoms with E-state index >= 15 is 0 Å². The lowest BCUT2D eigenvalue weighted by atomic mass is 9.53. The standard InChI is InChI=1S/C19H24O5/c1-9(2)17(21)23-16-13-10(3)8-22-14(13)15(20)19-12(24-19)7-6-11(4)18(16,19)5/h8-9,11-12,16H,6-7H2,1-5H3/t11-,12+,16+,18-,19-/m0/s1. The predicted octanol–water partition coefficient (Wildman–Crippen LogP) is 3.60. The summed E-state index contributed by atoms with van der Waals surface area (Å²) in [6, 6.07) is 0. The molecule has 1 aliphatic heterocycles. The summed E-state index contributed by atoms with van der Waals surface area (Å²) in [5.41, 5.74) is 0.111. The number of Topliss-reactive ketones (excluding diaryl/α,β-unsaturated/α-hetero) is 1. The number of hydrogen-bond acceptors (Lipinski definition) is 5. The first-order chi connectivity index (χ1) is 11.2. The number of epoxide rings is 1. The van der Waals surface area contributed by atoms with E-state index in [9.17, 15) is 9.59 Å². The Balaban J connectivity index is 1.91. The van der Waals surface area contributed by atoms with E-state index in [1.807, 2.05) is 27.7 Å². The van der Waals surface area contributed by atoms with Gasteiger partial charge in [0.15, 0.2) is 11.4 Å². The average molecular weight is 332 g/mol. The highest BCUT2D eigenvalue weighted by Crippen LogP contribution is 2.69. The van der Waals surface area contributed by atoms with Crippen LogP contribution in [0, 0.1) is 24.2 Å². The molecule has 3 aliphatic rings. The number of carbonyl (C=O) groups excluding carboxylic acids is 2. The van der Waals surface area contributed by atoms with Crippen LogP contribution in [0.3, 0.4) is 0 Å². The van der Waals surface area contributed by atoms with Crippen LogP contribution in [-0.4, -0.2) is 23.5 Å². The largest absolute Gasteiger partial charge is 0.460 e. The summed E-state index contributed by atoms with van der Waals surface area (Å²) in [6.07, 6.45) is 2.79. The van der Waals surface area contributed by atoms with Crippen LogP contribution in [0.25, 0.3) is 0 Å². The minimum Gasteiger partial charge on any atom is -0.460 e. The summed E-state index contributed by atoms with van der Waals surface area (Å²) in [4.78, 5) is 25.6. The number of furan rings is 1. The van der Waals surface area contributed by atoms with Gasteiger partial charge >= 0.3 is 5.97 Å². The van der Waals surface area contributed by atoms with Gasteiger partial charge in [-0.25, -0.2) is 0 Å². The van der Waals surface area contributed by atoms with Crippen molar-refractivity contribution < 1.29 is 23.5 Å². The Hall–Kier alpha value is -1.62. The fourth-order valence-corrected chi connectivity index (χ4v) is 4.75. The summed E-state index contributed by atoms with van der Waals surface area (Å²) < 4.78 is 17.5. The molecule has 0 amide bonds. The Labute approximate surface area is 141 Å². The summed E-state index contributed by atoms with van der Waals surface area (Å²) in [5, 5.41) is 0. The van der Waals surface area contributed by atoms with Gasteiger partial charge in [0, 0.05) is 5.56 Å². The van der Waals surface area contributed by atoms with E-state index in [4.69, 9.17) is 13.9 Å². The van der Waals surface area contributed by atoms with Gasteiger partial charge in [-0.05, 0) is 31.2 Å². The Kier molecular flexibility index (Phi) is 3.12. The zero-order valence-electron chi connectivity index (χ0n) is 14.8. The molecular formula is C19H24O5. The molecule has 1 aromatic heterocycles. The smallest absolute Gasteiger partial charge is 0.309 e. The summed E-state index contributed by atoms with van der Waals surface area (Å²) in [6.45, 7) is 9.70. The predicted molar refractivity (Wildman–Crippen MR) is 85.6 cm³/mol. The van der Waals surface area contributed by atoms with Crippen molar-refractivity contribution in [2.24, 2.45) is 17.3 Å². The van der Waals surface area contributed by atoms with Crippen LogP contribution in [0.1, 0.15) is 68.3 Å². The summed E-state index contributed by atoms with van der Waals surface area (Å²) in [5.74, 6) is -0.0582. The van der Waals surface area contributed by atoms with Crippen molar-refractivity contribution >= 4 is 11.8 Å². The van der Waals surface area contributed by atoms with Crippen molar-refractivity contribution in [1.29, 1.82) is 0 Å². The molecule has 4 rings (SSSR count). The molecule has 1 spiro atoms. The number of aryl methyl sites for hydroxylation is 1. The quantitative estimate of drug-likeness (QED) is 0.611. The third-order valence-corrected chi connectivity index (χ3v) is 6.49. The molecule has 0 unspecified atom stereocenters. The third kappa shape index (κ3) is 1.64. The summed E-state index contributed by atoms with van der Waals surface area (Å²) in [7, 11) is 0. The van der Waals surface area contributed by atoms with Crippen molar-refractivity contribution in [2.45, 2.75) is 65.3 Å². The van der Waals surface area contributed by atoms with Gasteiger partial charge in [-0.15, -0.1) is 0 Å². The second-order valence-corrected chi connectivity index (χ2v) is 8.07. The van der Waals surface area contributed by atoms with E-state index in [1.165, 1.54) is 0 Å². The van der Waals surface area contributed by atoms with Gasteiger partial charge in [0.2, 0.25) is 5.78 Å². The van der Waals surface area contributed by atoms with Crippen LogP contribution in [0.5, 0.6) is 0 Å². The van der Waals surface area contributed by atoms with E-state index < -0.39 is 17.1 Å². The molecular weight excluding hydrogens is 308 g/mol. The van der Waals surface area contributed by atoms with Gasteiger partial charge in [-0.1, -0.05) is 27.7 Å². The lowest BCUT2D eigenvalue weighted by molar-refractivity contribution is -0.169. The number of rotatable bonds is 2. The Bertz CT molecular complexity index is 732. The van der Waals surface area contributed by atoms with Crippen LogP contribution in [0.4, 0.5) is 0 Å². The molecule has 2 heterocycles. The molecule has 0 aromatic carbocycles.